The molecule has 0 saturated carbocycles. The molecule has 0 unspecified atom stereocenters. The van der Waals surface area contributed by atoms with E-state index in [9.17, 15) is 19.7 Å². The first-order valence-corrected chi connectivity index (χ1v) is 5.85. The number of carboxylic acids is 1. The van der Waals surface area contributed by atoms with Crippen molar-refractivity contribution in [3.05, 3.63) is 34.4 Å². The summed E-state index contributed by atoms with van der Waals surface area (Å²) < 4.78 is 0. The molecule has 0 atom stereocenters. The molecule has 0 spiro atoms. The van der Waals surface area contributed by atoms with Crippen LogP contribution in [0.2, 0.25) is 0 Å². The number of nitro groups is 1. The van der Waals surface area contributed by atoms with Crippen LogP contribution in [0.3, 0.4) is 0 Å². The number of non-ortho nitro benzene ring substituents is 1. The van der Waals surface area contributed by atoms with Crippen LogP contribution in [0, 0.1) is 10.1 Å². The molecule has 0 aliphatic carbocycles. The molecule has 1 rings (SSSR count). The van der Waals surface area contributed by atoms with E-state index in [1.165, 1.54) is 24.3 Å². The third kappa shape index (κ3) is 4.23. The van der Waals surface area contributed by atoms with Gasteiger partial charge in [-0.15, -0.1) is 0 Å². The van der Waals surface area contributed by atoms with Crippen molar-refractivity contribution in [1.29, 1.82) is 0 Å². The van der Waals surface area contributed by atoms with Crippen molar-refractivity contribution >= 4 is 23.4 Å². The Kier molecular flexibility index (Phi) is 5.01. The topological polar surface area (TPSA) is 113 Å². The Labute approximate surface area is 115 Å². The first kappa shape index (κ1) is 15.4. The van der Waals surface area contributed by atoms with Crippen LogP contribution < -0.4 is 5.32 Å². The van der Waals surface area contributed by atoms with E-state index in [1.54, 1.807) is 13.8 Å². The molecule has 20 heavy (non-hydrogen) atoms. The maximum atomic E-state index is 11.9. The number of nitro benzene ring substituents is 1. The van der Waals surface area contributed by atoms with Gasteiger partial charge in [0.25, 0.3) is 5.69 Å². The summed E-state index contributed by atoms with van der Waals surface area (Å²) in [6.07, 6.45) is 0. The number of anilines is 1. The number of aliphatic carboxylic acids is 1. The van der Waals surface area contributed by atoms with Gasteiger partial charge in [-0.1, -0.05) is 0 Å². The second-order valence-corrected chi connectivity index (χ2v) is 4.35. The summed E-state index contributed by atoms with van der Waals surface area (Å²) in [5, 5.41) is 21.7. The minimum Gasteiger partial charge on any atom is -0.480 e. The molecule has 8 nitrogen and oxygen atoms in total. The number of hydrogen-bond donors (Lipinski definition) is 2. The molecule has 0 aromatic heterocycles. The first-order chi connectivity index (χ1) is 9.31. The average molecular weight is 281 g/mol. The van der Waals surface area contributed by atoms with Gasteiger partial charge in [0.05, 0.1) is 4.92 Å². The standard InChI is InChI=1S/C12H15N3O5/c1-8(2)14(7-11(16)17)12(18)13-9-3-5-10(6-4-9)15(19)20/h3-6,8H,7H2,1-2H3,(H,13,18)(H,16,17). The molecule has 2 amide bonds. The van der Waals surface area contributed by atoms with Gasteiger partial charge in [-0.2, -0.15) is 0 Å². The first-order valence-electron chi connectivity index (χ1n) is 5.85. The lowest BCUT2D eigenvalue weighted by atomic mass is 10.3. The highest BCUT2D eigenvalue weighted by molar-refractivity contribution is 5.91. The molecule has 0 heterocycles. The maximum absolute atomic E-state index is 11.9. The third-order valence-corrected chi connectivity index (χ3v) is 2.52. The lowest BCUT2D eigenvalue weighted by molar-refractivity contribution is -0.384. The number of benzene rings is 1. The van der Waals surface area contributed by atoms with Crippen molar-refractivity contribution in [2.24, 2.45) is 0 Å². The number of nitrogens with one attached hydrogen (secondary N) is 1. The Balaban J connectivity index is 2.77. The molecule has 0 aliphatic rings. The van der Waals surface area contributed by atoms with Crippen LogP contribution in [0.25, 0.3) is 0 Å². The predicted octanol–water partition coefficient (Wildman–Crippen LogP) is 1.92. The fourth-order valence-electron chi connectivity index (χ4n) is 1.50. The molecule has 108 valence electrons. The van der Waals surface area contributed by atoms with E-state index in [0.29, 0.717) is 5.69 Å². The highest BCUT2D eigenvalue weighted by Gasteiger charge is 2.20. The van der Waals surface area contributed by atoms with Gasteiger partial charge in [-0.05, 0) is 26.0 Å². The summed E-state index contributed by atoms with van der Waals surface area (Å²) in [6.45, 7) is 2.97. The molecule has 2 N–H and O–H groups in total. The predicted molar refractivity (Wildman–Crippen MR) is 71.6 cm³/mol. The van der Waals surface area contributed by atoms with Crippen LogP contribution in [0.1, 0.15) is 13.8 Å². The zero-order chi connectivity index (χ0) is 15.3. The number of carbonyl (C=O) groups is 2. The zero-order valence-electron chi connectivity index (χ0n) is 11.1. The monoisotopic (exact) mass is 281 g/mol. The summed E-state index contributed by atoms with van der Waals surface area (Å²) in [5.74, 6) is -1.11. The minimum absolute atomic E-state index is 0.0887. The van der Waals surface area contributed by atoms with Gasteiger partial charge in [0, 0.05) is 23.9 Å². The van der Waals surface area contributed by atoms with Crippen LogP contribution in [-0.2, 0) is 4.79 Å². The molecule has 8 heteroatoms. The summed E-state index contributed by atoms with van der Waals surface area (Å²) in [6, 6.07) is 4.42. The van der Waals surface area contributed by atoms with Gasteiger partial charge in [0.2, 0.25) is 0 Å². The fourth-order valence-corrected chi connectivity index (χ4v) is 1.50. The number of rotatable bonds is 5. The second-order valence-electron chi connectivity index (χ2n) is 4.35. The van der Waals surface area contributed by atoms with E-state index >= 15 is 0 Å². The highest BCUT2D eigenvalue weighted by Crippen LogP contribution is 2.16. The van der Waals surface area contributed by atoms with Crippen LogP contribution in [0.4, 0.5) is 16.2 Å². The SMILES string of the molecule is CC(C)N(CC(=O)O)C(=O)Nc1ccc([N+](=O)[O-])cc1. The van der Waals surface area contributed by atoms with Gasteiger partial charge >= 0.3 is 12.0 Å². The average Bonchev–Trinajstić information content (AvgIpc) is 2.35. The van der Waals surface area contributed by atoms with Gasteiger partial charge in [-0.3, -0.25) is 14.9 Å². The number of urea groups is 1. The molecule has 0 saturated heterocycles. The van der Waals surface area contributed by atoms with E-state index < -0.39 is 23.5 Å². The maximum Gasteiger partial charge on any atom is 0.323 e. The lowest BCUT2D eigenvalue weighted by Gasteiger charge is -2.25. The Morgan fingerprint density at radius 1 is 1.35 bits per heavy atom. The van der Waals surface area contributed by atoms with Gasteiger partial charge in [0.1, 0.15) is 6.54 Å². The Morgan fingerprint density at radius 3 is 2.30 bits per heavy atom. The van der Waals surface area contributed by atoms with Crippen molar-refractivity contribution in [1.82, 2.24) is 4.90 Å². The molecule has 0 aliphatic heterocycles. The number of carbonyl (C=O) groups excluding carboxylic acids is 1. The van der Waals surface area contributed by atoms with Crippen molar-refractivity contribution in [3.63, 3.8) is 0 Å². The molecule has 0 bridgehead atoms. The van der Waals surface area contributed by atoms with Crippen molar-refractivity contribution in [3.8, 4) is 0 Å². The van der Waals surface area contributed by atoms with E-state index in [0.717, 1.165) is 4.90 Å². The summed E-state index contributed by atoms with van der Waals surface area (Å²) in [7, 11) is 0. The van der Waals surface area contributed by atoms with Crippen LogP contribution in [0.15, 0.2) is 24.3 Å². The van der Waals surface area contributed by atoms with Crippen LogP contribution in [0.5, 0.6) is 0 Å². The van der Waals surface area contributed by atoms with Crippen molar-refractivity contribution in [2.75, 3.05) is 11.9 Å². The number of hydrogen-bond acceptors (Lipinski definition) is 4. The largest absolute Gasteiger partial charge is 0.480 e. The van der Waals surface area contributed by atoms with Gasteiger partial charge in [-0.25, -0.2) is 4.79 Å². The molecule has 1 aromatic rings. The van der Waals surface area contributed by atoms with Crippen molar-refractivity contribution in [2.45, 2.75) is 19.9 Å². The van der Waals surface area contributed by atoms with Crippen LogP contribution in [-0.4, -0.2) is 39.5 Å². The lowest BCUT2D eigenvalue weighted by Crippen LogP contribution is -2.43. The Hall–Kier alpha value is -2.64. The highest BCUT2D eigenvalue weighted by atomic mass is 16.6. The molecule has 0 radical (unpaired) electrons. The van der Waals surface area contributed by atoms with E-state index in [4.69, 9.17) is 5.11 Å². The van der Waals surface area contributed by atoms with E-state index in [2.05, 4.69) is 5.32 Å². The van der Waals surface area contributed by atoms with Gasteiger partial charge in [0.15, 0.2) is 0 Å². The third-order valence-electron chi connectivity index (χ3n) is 2.52. The normalized spacial score (nSPS) is 10.2. The van der Waals surface area contributed by atoms with E-state index in [-0.39, 0.29) is 11.7 Å². The fraction of sp³-hybridized carbons (Fsp3) is 0.333. The minimum atomic E-state index is -1.11. The zero-order valence-corrected chi connectivity index (χ0v) is 11.1. The summed E-state index contributed by atoms with van der Waals surface area (Å²) >= 11 is 0. The summed E-state index contributed by atoms with van der Waals surface area (Å²) in [5.41, 5.74) is 0.269. The molecule has 0 fully saturated rings. The van der Waals surface area contributed by atoms with Crippen LogP contribution >= 0.6 is 0 Å². The molecular formula is C12H15N3O5. The second kappa shape index (κ2) is 6.50. The smallest absolute Gasteiger partial charge is 0.323 e. The number of nitrogens with zero attached hydrogens (tertiary/aromatic N) is 2. The molecule has 1 aromatic carbocycles. The molecular weight excluding hydrogens is 266 g/mol. The quantitative estimate of drug-likeness (QED) is 0.632. The van der Waals surface area contributed by atoms with Gasteiger partial charge < -0.3 is 15.3 Å². The van der Waals surface area contributed by atoms with E-state index in [1.807, 2.05) is 0 Å². The summed E-state index contributed by atoms with van der Waals surface area (Å²) in [4.78, 5) is 33.7. The number of carboxylic acid groups (broad SMARTS) is 1. The number of amides is 2. The Morgan fingerprint density at radius 2 is 1.90 bits per heavy atom. The van der Waals surface area contributed by atoms with Crippen molar-refractivity contribution < 1.29 is 19.6 Å². The Bertz CT molecular complexity index is 512.